The predicted molar refractivity (Wildman–Crippen MR) is 83.4 cm³/mol. The molecule has 0 fully saturated rings. The Hall–Kier alpha value is -2.12. The van der Waals surface area contributed by atoms with Crippen molar-refractivity contribution in [3.05, 3.63) is 47.8 Å². The highest BCUT2D eigenvalue weighted by Gasteiger charge is 2.12. The van der Waals surface area contributed by atoms with Crippen molar-refractivity contribution in [2.24, 2.45) is 0 Å². The minimum absolute atomic E-state index is 0.144. The number of aryl methyl sites for hydroxylation is 1. The lowest BCUT2D eigenvalue weighted by atomic mass is 10.2. The van der Waals surface area contributed by atoms with E-state index >= 15 is 0 Å². The van der Waals surface area contributed by atoms with Crippen molar-refractivity contribution in [2.45, 2.75) is 18.4 Å². The van der Waals surface area contributed by atoms with E-state index in [0.29, 0.717) is 17.9 Å². The van der Waals surface area contributed by atoms with Crippen molar-refractivity contribution < 1.29 is 8.42 Å². The van der Waals surface area contributed by atoms with Gasteiger partial charge in [-0.15, -0.1) is 0 Å². The van der Waals surface area contributed by atoms with Gasteiger partial charge < -0.3 is 11.1 Å². The molecule has 0 amide bonds. The summed E-state index contributed by atoms with van der Waals surface area (Å²) >= 11 is 0. The van der Waals surface area contributed by atoms with E-state index in [2.05, 4.69) is 15.0 Å². The van der Waals surface area contributed by atoms with E-state index in [-0.39, 0.29) is 4.90 Å². The first-order chi connectivity index (χ1) is 9.92. The van der Waals surface area contributed by atoms with Crippen LogP contribution in [0.5, 0.6) is 0 Å². The molecule has 0 unspecified atom stereocenters. The lowest BCUT2D eigenvalue weighted by Crippen LogP contribution is -2.18. The van der Waals surface area contributed by atoms with Gasteiger partial charge in [-0.3, -0.25) is 4.98 Å². The van der Waals surface area contributed by atoms with Crippen LogP contribution in [0, 0.1) is 6.92 Å². The smallest absolute Gasteiger partial charge is 0.240 e. The fraction of sp³-hybridized carbons (Fsp3) is 0.214. The quantitative estimate of drug-likeness (QED) is 0.727. The van der Waals surface area contributed by atoms with Gasteiger partial charge in [-0.1, -0.05) is 6.07 Å². The second-order valence-corrected chi connectivity index (χ2v) is 6.50. The van der Waals surface area contributed by atoms with Gasteiger partial charge in [-0.2, -0.15) is 0 Å². The second kappa shape index (κ2) is 6.11. The lowest BCUT2D eigenvalue weighted by Gasteiger charge is -2.11. The summed E-state index contributed by atoms with van der Waals surface area (Å²) in [5.41, 5.74) is 8.94. The first kappa shape index (κ1) is 15.3. The number of hydrogen-bond donors (Lipinski definition) is 3. The van der Waals surface area contributed by atoms with E-state index in [0.717, 1.165) is 11.3 Å². The van der Waals surface area contributed by atoms with Crippen LogP contribution < -0.4 is 15.8 Å². The molecule has 1 aromatic carbocycles. The van der Waals surface area contributed by atoms with Crippen LogP contribution in [-0.4, -0.2) is 20.4 Å². The second-order valence-electron chi connectivity index (χ2n) is 4.62. The minimum Gasteiger partial charge on any atom is -0.397 e. The van der Waals surface area contributed by atoms with E-state index in [1.807, 2.05) is 19.1 Å². The Bertz CT molecular complexity index is 727. The fourth-order valence-corrected chi connectivity index (χ4v) is 2.55. The van der Waals surface area contributed by atoms with Gasteiger partial charge in [-0.25, -0.2) is 13.1 Å². The number of hydrogen-bond acceptors (Lipinski definition) is 5. The van der Waals surface area contributed by atoms with Crippen molar-refractivity contribution >= 4 is 21.4 Å². The Morgan fingerprint density at radius 3 is 2.57 bits per heavy atom. The number of nitrogens with two attached hydrogens (primary N) is 1. The molecule has 2 aromatic rings. The molecule has 0 atom stereocenters. The number of nitrogens with zero attached hydrogens (tertiary/aromatic N) is 1. The van der Waals surface area contributed by atoms with Crippen molar-refractivity contribution in [2.75, 3.05) is 18.1 Å². The molecule has 0 saturated carbocycles. The van der Waals surface area contributed by atoms with Crippen LogP contribution in [0.25, 0.3) is 0 Å². The SMILES string of the molecule is CNS(=O)(=O)c1ccc(NCc2ccc(C)nc2)c(N)c1. The normalized spacial score (nSPS) is 11.3. The number of benzene rings is 1. The third-order valence-electron chi connectivity index (χ3n) is 3.06. The molecule has 7 heteroatoms. The number of rotatable bonds is 5. The first-order valence-corrected chi connectivity index (χ1v) is 7.89. The number of aromatic nitrogens is 1. The summed E-state index contributed by atoms with van der Waals surface area (Å²) in [5.74, 6) is 0. The molecule has 112 valence electrons. The van der Waals surface area contributed by atoms with Crippen molar-refractivity contribution in [3.8, 4) is 0 Å². The molecule has 0 saturated heterocycles. The third kappa shape index (κ3) is 3.71. The first-order valence-electron chi connectivity index (χ1n) is 6.41. The molecule has 0 aliphatic heterocycles. The Labute approximate surface area is 124 Å². The van der Waals surface area contributed by atoms with Crippen LogP contribution in [0.1, 0.15) is 11.3 Å². The number of nitrogens with one attached hydrogen (secondary N) is 2. The van der Waals surface area contributed by atoms with Crippen LogP contribution in [0.4, 0.5) is 11.4 Å². The summed E-state index contributed by atoms with van der Waals surface area (Å²) in [7, 11) is -2.11. The molecule has 0 spiro atoms. The number of anilines is 2. The van der Waals surface area contributed by atoms with Gasteiger partial charge in [0.2, 0.25) is 10.0 Å². The molecule has 21 heavy (non-hydrogen) atoms. The van der Waals surface area contributed by atoms with Gasteiger partial charge in [0.25, 0.3) is 0 Å². The molecular formula is C14H18N4O2S. The largest absolute Gasteiger partial charge is 0.397 e. The van der Waals surface area contributed by atoms with E-state index in [1.165, 1.54) is 19.2 Å². The average Bonchev–Trinajstić information content (AvgIpc) is 2.47. The van der Waals surface area contributed by atoms with E-state index in [1.54, 1.807) is 12.3 Å². The van der Waals surface area contributed by atoms with E-state index in [4.69, 9.17) is 5.73 Å². The maximum atomic E-state index is 11.7. The minimum atomic E-state index is -3.48. The molecule has 0 aliphatic carbocycles. The van der Waals surface area contributed by atoms with Crippen molar-refractivity contribution in [1.29, 1.82) is 0 Å². The zero-order valence-corrected chi connectivity index (χ0v) is 12.7. The molecule has 1 aromatic heterocycles. The standard InChI is InChI=1S/C14H18N4O2S/c1-10-3-4-11(8-17-10)9-18-14-6-5-12(7-13(14)15)21(19,20)16-2/h3-8,16,18H,9,15H2,1-2H3. The molecular weight excluding hydrogens is 288 g/mol. The molecule has 6 nitrogen and oxygen atoms in total. The fourth-order valence-electron chi connectivity index (χ4n) is 1.79. The maximum Gasteiger partial charge on any atom is 0.240 e. The topological polar surface area (TPSA) is 97.1 Å². The van der Waals surface area contributed by atoms with Crippen LogP contribution in [0.2, 0.25) is 0 Å². The molecule has 4 N–H and O–H groups in total. The summed E-state index contributed by atoms with van der Waals surface area (Å²) in [6, 6.07) is 8.51. The van der Waals surface area contributed by atoms with Gasteiger partial charge in [-0.05, 0) is 43.8 Å². The maximum absolute atomic E-state index is 11.7. The monoisotopic (exact) mass is 306 g/mol. The van der Waals surface area contributed by atoms with Gasteiger partial charge >= 0.3 is 0 Å². The molecule has 0 bridgehead atoms. The lowest BCUT2D eigenvalue weighted by molar-refractivity contribution is 0.588. The summed E-state index contributed by atoms with van der Waals surface area (Å²) in [6.45, 7) is 2.49. The molecule has 0 aliphatic rings. The Balaban J connectivity index is 2.13. The Morgan fingerprint density at radius 1 is 1.24 bits per heavy atom. The van der Waals surface area contributed by atoms with Gasteiger partial charge in [0.1, 0.15) is 0 Å². The summed E-state index contributed by atoms with van der Waals surface area (Å²) < 4.78 is 25.6. The Morgan fingerprint density at radius 2 is 2.00 bits per heavy atom. The highest BCUT2D eigenvalue weighted by atomic mass is 32.2. The highest BCUT2D eigenvalue weighted by Crippen LogP contribution is 2.23. The number of pyridine rings is 1. The predicted octanol–water partition coefficient (Wildman–Crippen LogP) is 1.49. The number of sulfonamides is 1. The van der Waals surface area contributed by atoms with E-state index < -0.39 is 10.0 Å². The highest BCUT2D eigenvalue weighted by molar-refractivity contribution is 7.89. The van der Waals surface area contributed by atoms with Crippen LogP contribution in [-0.2, 0) is 16.6 Å². The summed E-state index contributed by atoms with van der Waals surface area (Å²) in [5, 5.41) is 3.17. The van der Waals surface area contributed by atoms with Crippen LogP contribution in [0.15, 0.2) is 41.4 Å². The van der Waals surface area contributed by atoms with Crippen LogP contribution >= 0.6 is 0 Å². The van der Waals surface area contributed by atoms with Gasteiger partial charge in [0.05, 0.1) is 16.3 Å². The van der Waals surface area contributed by atoms with E-state index in [9.17, 15) is 8.42 Å². The average molecular weight is 306 g/mol. The van der Waals surface area contributed by atoms with Crippen molar-refractivity contribution in [3.63, 3.8) is 0 Å². The molecule has 2 rings (SSSR count). The third-order valence-corrected chi connectivity index (χ3v) is 4.47. The molecule has 1 heterocycles. The van der Waals surface area contributed by atoms with Crippen molar-refractivity contribution in [1.82, 2.24) is 9.71 Å². The van der Waals surface area contributed by atoms with Gasteiger partial charge in [0.15, 0.2) is 0 Å². The zero-order chi connectivity index (χ0) is 15.5. The zero-order valence-electron chi connectivity index (χ0n) is 11.9. The number of nitrogen functional groups attached to an aromatic ring is 1. The van der Waals surface area contributed by atoms with Crippen LogP contribution in [0.3, 0.4) is 0 Å². The van der Waals surface area contributed by atoms with Gasteiger partial charge in [0, 0.05) is 18.4 Å². The Kier molecular flexibility index (Phi) is 4.44. The summed E-state index contributed by atoms with van der Waals surface area (Å²) in [6.07, 6.45) is 1.79. The molecule has 0 radical (unpaired) electrons. The summed E-state index contributed by atoms with van der Waals surface area (Å²) in [4.78, 5) is 4.36.